The molecule has 0 amide bonds. The molecule has 0 radical (unpaired) electrons. The zero-order valence-corrected chi connectivity index (χ0v) is 25.7. The van der Waals surface area contributed by atoms with Crippen molar-refractivity contribution in [2.24, 2.45) is 11.8 Å². The van der Waals surface area contributed by atoms with E-state index in [2.05, 4.69) is 89.5 Å². The zero-order valence-electron chi connectivity index (χ0n) is 25.7. The molecule has 8 nitrogen and oxygen atoms in total. The number of hydrogen-bond acceptors (Lipinski definition) is 7. The highest BCUT2D eigenvalue weighted by Crippen LogP contribution is 2.43. The molecule has 4 atom stereocenters. The number of nitrogen functional groups attached to an aromatic ring is 1. The fourth-order valence-electron chi connectivity index (χ4n) is 7.60. The van der Waals surface area contributed by atoms with Gasteiger partial charge in [-0.1, -0.05) is 26.8 Å². The van der Waals surface area contributed by atoms with Gasteiger partial charge in [0.2, 0.25) is 0 Å². The highest BCUT2D eigenvalue weighted by atomic mass is 16.3. The summed E-state index contributed by atoms with van der Waals surface area (Å²) >= 11 is 0. The first-order chi connectivity index (χ1) is 19.5. The number of aliphatic hydroxyl groups is 1. The molecule has 41 heavy (non-hydrogen) atoms. The van der Waals surface area contributed by atoms with Gasteiger partial charge in [-0.15, -0.1) is 0 Å². The van der Waals surface area contributed by atoms with E-state index in [-0.39, 0.29) is 17.6 Å². The van der Waals surface area contributed by atoms with Crippen LogP contribution >= 0.6 is 0 Å². The highest BCUT2D eigenvalue weighted by Gasteiger charge is 2.40. The maximum atomic E-state index is 11.1. The lowest BCUT2D eigenvalue weighted by molar-refractivity contribution is 0.0345. The molecule has 2 aromatic heterocycles. The van der Waals surface area contributed by atoms with E-state index in [9.17, 15) is 5.11 Å². The number of rotatable bonds is 8. The lowest BCUT2D eigenvalue weighted by Gasteiger charge is -2.46. The third-order valence-corrected chi connectivity index (χ3v) is 10.2. The van der Waals surface area contributed by atoms with Crippen molar-refractivity contribution >= 4 is 28.2 Å². The molecule has 3 aliphatic rings. The molecule has 3 heterocycles. The molecular formula is C33H49N7O. The summed E-state index contributed by atoms with van der Waals surface area (Å²) in [6.07, 6.45) is 10.3. The number of aliphatic hydroxyl groups excluding tert-OH is 1. The maximum Gasteiger partial charge on any atom is 0.145 e. The van der Waals surface area contributed by atoms with Crippen molar-refractivity contribution in [1.29, 1.82) is 0 Å². The Kier molecular flexibility index (Phi) is 7.43. The number of hydrogen-bond donors (Lipinski definition) is 3. The normalized spacial score (nSPS) is 28.0. The molecule has 1 unspecified atom stereocenters. The second-order valence-corrected chi connectivity index (χ2v) is 14.3. The molecule has 2 aliphatic carbocycles. The molecule has 6 rings (SSSR count). The van der Waals surface area contributed by atoms with Crippen LogP contribution in [-0.4, -0.2) is 62.5 Å². The molecule has 8 heteroatoms. The molecule has 222 valence electrons. The van der Waals surface area contributed by atoms with Gasteiger partial charge in [-0.3, -0.25) is 4.90 Å². The predicted molar refractivity (Wildman–Crippen MR) is 168 cm³/mol. The summed E-state index contributed by atoms with van der Waals surface area (Å²) in [5.74, 6) is 1.77. The number of nitrogens with two attached hydrogens (primary N) is 1. The van der Waals surface area contributed by atoms with Crippen LogP contribution in [-0.2, 0) is 5.41 Å². The first kappa shape index (κ1) is 28.3. The fraction of sp³-hybridized carbons (Fsp3) is 0.636. The topological polar surface area (TPSA) is 95.5 Å². The van der Waals surface area contributed by atoms with E-state index < -0.39 is 0 Å². The Hall–Kier alpha value is -2.84. The Morgan fingerprint density at radius 2 is 1.85 bits per heavy atom. The van der Waals surface area contributed by atoms with Gasteiger partial charge in [-0.25, -0.2) is 9.97 Å². The Morgan fingerprint density at radius 3 is 2.59 bits per heavy atom. The third kappa shape index (κ3) is 5.41. The van der Waals surface area contributed by atoms with Crippen LogP contribution in [0.5, 0.6) is 0 Å². The van der Waals surface area contributed by atoms with Crippen molar-refractivity contribution < 1.29 is 5.11 Å². The molecule has 2 fully saturated rings. The molecule has 0 saturated heterocycles. The van der Waals surface area contributed by atoms with Crippen molar-refractivity contribution in [1.82, 2.24) is 19.4 Å². The molecule has 1 aliphatic heterocycles. The van der Waals surface area contributed by atoms with Gasteiger partial charge in [-0.2, -0.15) is 0 Å². The molecule has 4 N–H and O–H groups in total. The van der Waals surface area contributed by atoms with Crippen LogP contribution in [0.25, 0.3) is 11.0 Å². The van der Waals surface area contributed by atoms with Crippen LogP contribution in [0.1, 0.15) is 84.7 Å². The second kappa shape index (κ2) is 10.8. The monoisotopic (exact) mass is 559 g/mol. The van der Waals surface area contributed by atoms with Crippen LogP contribution in [0.2, 0.25) is 0 Å². The number of aromatic nitrogens is 3. The number of anilines is 3. The van der Waals surface area contributed by atoms with Crippen molar-refractivity contribution in [2.75, 3.05) is 29.5 Å². The predicted octanol–water partition coefficient (Wildman–Crippen LogP) is 5.78. The highest BCUT2D eigenvalue weighted by molar-refractivity contribution is 5.86. The number of nitrogens with zero attached hydrogens (tertiary/aromatic N) is 5. The van der Waals surface area contributed by atoms with Gasteiger partial charge in [0.25, 0.3) is 0 Å². The smallest absolute Gasteiger partial charge is 0.145 e. The first-order valence-corrected chi connectivity index (χ1v) is 15.6. The summed E-state index contributed by atoms with van der Waals surface area (Å²) in [7, 11) is 2.24. The van der Waals surface area contributed by atoms with Crippen LogP contribution in [0.15, 0.2) is 36.8 Å². The molecule has 0 spiro atoms. The maximum absolute atomic E-state index is 11.1. The molecular weight excluding hydrogens is 510 g/mol. The minimum atomic E-state index is -0.366. The summed E-state index contributed by atoms with van der Waals surface area (Å²) in [5, 5.41) is 15.7. The van der Waals surface area contributed by atoms with Gasteiger partial charge in [0.05, 0.1) is 35.1 Å². The second-order valence-electron chi connectivity index (χ2n) is 14.3. The van der Waals surface area contributed by atoms with Gasteiger partial charge in [0.1, 0.15) is 17.8 Å². The lowest BCUT2D eigenvalue weighted by Crippen LogP contribution is -2.50. The summed E-state index contributed by atoms with van der Waals surface area (Å²) in [6.45, 7) is 12.6. The summed E-state index contributed by atoms with van der Waals surface area (Å²) in [6, 6.07) is 10.1. The van der Waals surface area contributed by atoms with Crippen LogP contribution in [0.3, 0.4) is 0 Å². The van der Waals surface area contributed by atoms with E-state index in [1.807, 2.05) is 12.3 Å². The SMILES string of the molecule is CC(C)N(C[C@@H]1C[C@@H](O)[C@H](n2ccc3c(N)ncnc32)C1)[C@H]1C[C@@H](CCC2Nc3ccc(C(C)(C)C)cc3N2C)C1. The summed E-state index contributed by atoms with van der Waals surface area (Å²) in [5.41, 5.74) is 11.0. The van der Waals surface area contributed by atoms with E-state index in [1.165, 1.54) is 48.9 Å². The van der Waals surface area contributed by atoms with Crippen molar-refractivity contribution in [2.45, 2.75) is 109 Å². The van der Waals surface area contributed by atoms with Crippen LogP contribution in [0, 0.1) is 11.8 Å². The van der Waals surface area contributed by atoms with Crippen LogP contribution in [0.4, 0.5) is 17.2 Å². The minimum absolute atomic E-state index is 0.0365. The van der Waals surface area contributed by atoms with Crippen molar-refractivity contribution in [3.8, 4) is 0 Å². The molecule has 2 saturated carbocycles. The van der Waals surface area contributed by atoms with Crippen molar-refractivity contribution in [3.05, 3.63) is 42.4 Å². The van der Waals surface area contributed by atoms with E-state index in [1.54, 1.807) is 0 Å². The number of fused-ring (bicyclic) bond motifs is 2. The average molecular weight is 560 g/mol. The quantitative estimate of drug-likeness (QED) is 0.322. The summed E-state index contributed by atoms with van der Waals surface area (Å²) in [4.78, 5) is 13.8. The van der Waals surface area contributed by atoms with Gasteiger partial charge in [-0.05, 0) is 93.4 Å². The first-order valence-electron chi connectivity index (χ1n) is 15.6. The van der Waals surface area contributed by atoms with E-state index >= 15 is 0 Å². The van der Waals surface area contributed by atoms with E-state index in [4.69, 9.17) is 5.73 Å². The molecule has 3 aromatic rings. The Balaban J connectivity index is 1.01. The Bertz CT molecular complexity index is 1370. The van der Waals surface area contributed by atoms with E-state index in [0.29, 0.717) is 30.0 Å². The largest absolute Gasteiger partial charge is 0.391 e. The Morgan fingerprint density at radius 1 is 1.07 bits per heavy atom. The minimum Gasteiger partial charge on any atom is -0.391 e. The van der Waals surface area contributed by atoms with E-state index in [0.717, 1.165) is 36.3 Å². The summed E-state index contributed by atoms with van der Waals surface area (Å²) < 4.78 is 2.12. The molecule has 0 bridgehead atoms. The van der Waals surface area contributed by atoms with Gasteiger partial charge in [0.15, 0.2) is 0 Å². The number of benzene rings is 1. The van der Waals surface area contributed by atoms with Crippen molar-refractivity contribution in [3.63, 3.8) is 0 Å². The number of nitrogens with one attached hydrogen (secondary N) is 1. The van der Waals surface area contributed by atoms with Crippen LogP contribution < -0.4 is 16.0 Å². The Labute approximate surface area is 245 Å². The molecule has 1 aromatic carbocycles. The van der Waals surface area contributed by atoms with Gasteiger partial charge in [0, 0.05) is 31.9 Å². The average Bonchev–Trinajstić information content (AvgIpc) is 3.57. The third-order valence-electron chi connectivity index (χ3n) is 10.2. The fourth-order valence-corrected chi connectivity index (χ4v) is 7.60. The lowest BCUT2D eigenvalue weighted by atomic mass is 9.75. The van der Waals surface area contributed by atoms with Gasteiger partial charge < -0.3 is 25.6 Å². The van der Waals surface area contributed by atoms with Gasteiger partial charge >= 0.3 is 0 Å². The standard InChI is InChI=1S/C33H49N7O/c1-20(2)40(18-22-15-28(29(41)16-22)39-12-11-25-31(34)35-19-36-32(25)39)24-13-21(14-24)7-10-30-37-26-9-8-23(33(3,4)5)17-27(26)38(30)6/h8-9,11-12,17,19-22,24,28-30,37,41H,7,10,13-16,18H2,1-6H3,(H2,34,35,36)/t21-,22-,24+,28+,29+,30?/m0/s1. The zero-order chi connectivity index (χ0) is 29.1.